The third-order valence-corrected chi connectivity index (χ3v) is 2.31. The molecule has 1 aromatic carbocycles. The SMILES string of the molecule is Oc1ccc2c3c(ccnc13)C=CO2. The topological polar surface area (TPSA) is 42.4 Å². The first kappa shape index (κ1) is 7.38. The van der Waals surface area contributed by atoms with Gasteiger partial charge in [-0.05, 0) is 29.8 Å². The maximum atomic E-state index is 9.60. The van der Waals surface area contributed by atoms with Crippen LogP contribution in [0.3, 0.4) is 0 Å². The summed E-state index contributed by atoms with van der Waals surface area (Å²) in [6.45, 7) is 0. The van der Waals surface area contributed by atoms with Crippen LogP contribution in [0, 0.1) is 0 Å². The fraction of sp³-hybridized carbons (Fsp3) is 0. The van der Waals surface area contributed by atoms with Crippen LogP contribution in [0.15, 0.2) is 30.7 Å². The fourth-order valence-corrected chi connectivity index (χ4v) is 1.66. The average molecular weight is 185 g/mol. The van der Waals surface area contributed by atoms with Gasteiger partial charge in [0.2, 0.25) is 0 Å². The van der Waals surface area contributed by atoms with Crippen molar-refractivity contribution in [3.05, 3.63) is 36.2 Å². The number of hydrogen-bond donors (Lipinski definition) is 1. The zero-order valence-electron chi connectivity index (χ0n) is 7.27. The van der Waals surface area contributed by atoms with Gasteiger partial charge in [0.25, 0.3) is 0 Å². The number of benzene rings is 1. The molecule has 0 radical (unpaired) electrons. The van der Waals surface area contributed by atoms with Crippen molar-refractivity contribution < 1.29 is 9.84 Å². The van der Waals surface area contributed by atoms with Crippen molar-refractivity contribution >= 4 is 17.0 Å². The second-order valence-corrected chi connectivity index (χ2v) is 3.13. The summed E-state index contributed by atoms with van der Waals surface area (Å²) in [6.07, 6.45) is 5.17. The molecule has 0 bridgehead atoms. The number of phenolic OH excluding ortho intramolecular Hbond substituents is 1. The van der Waals surface area contributed by atoms with Gasteiger partial charge in [0, 0.05) is 6.20 Å². The predicted octanol–water partition coefficient (Wildman–Crippen LogP) is 2.30. The largest absolute Gasteiger partial charge is 0.506 e. The summed E-state index contributed by atoms with van der Waals surface area (Å²) in [4.78, 5) is 4.12. The van der Waals surface area contributed by atoms with Crippen LogP contribution < -0.4 is 4.74 Å². The minimum Gasteiger partial charge on any atom is -0.506 e. The van der Waals surface area contributed by atoms with Crippen LogP contribution in [0.25, 0.3) is 17.0 Å². The van der Waals surface area contributed by atoms with Crippen molar-refractivity contribution in [3.63, 3.8) is 0 Å². The van der Waals surface area contributed by atoms with Crippen LogP contribution in [0.1, 0.15) is 5.56 Å². The number of ether oxygens (including phenoxy) is 1. The van der Waals surface area contributed by atoms with E-state index >= 15 is 0 Å². The van der Waals surface area contributed by atoms with Crippen LogP contribution in [-0.2, 0) is 0 Å². The molecule has 3 rings (SSSR count). The quantitative estimate of drug-likeness (QED) is 0.684. The molecular weight excluding hydrogens is 178 g/mol. The molecule has 1 aliphatic rings. The summed E-state index contributed by atoms with van der Waals surface area (Å²) in [5.74, 6) is 0.924. The number of aromatic hydroxyl groups is 1. The number of nitrogens with zero attached hydrogens (tertiary/aromatic N) is 1. The summed E-state index contributed by atoms with van der Waals surface area (Å²) in [6, 6.07) is 5.23. The van der Waals surface area contributed by atoms with Gasteiger partial charge >= 0.3 is 0 Å². The highest BCUT2D eigenvalue weighted by atomic mass is 16.5. The first-order valence-electron chi connectivity index (χ1n) is 4.30. The number of phenols is 1. The lowest BCUT2D eigenvalue weighted by atomic mass is 10.1. The Hall–Kier alpha value is -2.03. The zero-order valence-corrected chi connectivity index (χ0v) is 7.27. The normalized spacial score (nSPS) is 12.9. The predicted molar refractivity (Wildman–Crippen MR) is 53.1 cm³/mol. The highest BCUT2D eigenvalue weighted by molar-refractivity contribution is 5.97. The highest BCUT2D eigenvalue weighted by Crippen LogP contribution is 2.36. The molecule has 0 aliphatic carbocycles. The molecule has 0 unspecified atom stereocenters. The van der Waals surface area contributed by atoms with Crippen LogP contribution in [0.4, 0.5) is 0 Å². The van der Waals surface area contributed by atoms with Gasteiger partial charge in [0.1, 0.15) is 17.0 Å². The number of pyridine rings is 1. The number of aromatic nitrogens is 1. The Morgan fingerprint density at radius 3 is 3.07 bits per heavy atom. The van der Waals surface area contributed by atoms with Crippen molar-refractivity contribution in [2.24, 2.45) is 0 Å². The highest BCUT2D eigenvalue weighted by Gasteiger charge is 2.12. The van der Waals surface area contributed by atoms with Gasteiger partial charge in [-0.2, -0.15) is 0 Å². The maximum Gasteiger partial charge on any atom is 0.142 e. The van der Waals surface area contributed by atoms with Crippen LogP contribution in [0.5, 0.6) is 11.5 Å². The first-order valence-corrected chi connectivity index (χ1v) is 4.30. The molecule has 1 aromatic heterocycles. The Balaban J connectivity index is 2.56. The van der Waals surface area contributed by atoms with Gasteiger partial charge in [0.05, 0.1) is 11.6 Å². The fourth-order valence-electron chi connectivity index (χ4n) is 1.66. The monoisotopic (exact) mass is 185 g/mol. The van der Waals surface area contributed by atoms with Crippen molar-refractivity contribution in [3.8, 4) is 11.5 Å². The van der Waals surface area contributed by atoms with Gasteiger partial charge < -0.3 is 9.84 Å². The molecule has 0 saturated carbocycles. The lowest BCUT2D eigenvalue weighted by Crippen LogP contribution is -1.93. The summed E-state index contributed by atoms with van der Waals surface area (Å²) in [7, 11) is 0. The molecule has 2 heterocycles. The van der Waals surface area contributed by atoms with Crippen LogP contribution in [-0.4, -0.2) is 10.1 Å². The van der Waals surface area contributed by atoms with E-state index in [1.807, 2.05) is 12.1 Å². The molecule has 14 heavy (non-hydrogen) atoms. The van der Waals surface area contributed by atoms with E-state index in [0.29, 0.717) is 5.52 Å². The molecule has 1 aliphatic heterocycles. The van der Waals surface area contributed by atoms with E-state index in [-0.39, 0.29) is 5.75 Å². The van der Waals surface area contributed by atoms with E-state index in [0.717, 1.165) is 16.7 Å². The van der Waals surface area contributed by atoms with Crippen LogP contribution in [0.2, 0.25) is 0 Å². The third kappa shape index (κ3) is 0.836. The minimum atomic E-state index is 0.185. The first-order chi connectivity index (χ1) is 6.86. The summed E-state index contributed by atoms with van der Waals surface area (Å²) in [5, 5.41) is 10.5. The zero-order chi connectivity index (χ0) is 9.54. The lowest BCUT2D eigenvalue weighted by molar-refractivity contribution is 0.471. The second kappa shape index (κ2) is 2.48. The standard InChI is InChI=1S/C11H7NO2/c13-8-1-2-9-10-7(4-6-14-9)3-5-12-11(8)10/h1-6,13H. The Bertz CT molecular complexity index is 546. The number of hydrogen-bond acceptors (Lipinski definition) is 3. The molecule has 1 N–H and O–H groups in total. The Morgan fingerprint density at radius 2 is 2.14 bits per heavy atom. The Labute approximate surface area is 80.3 Å². The molecular formula is C11H7NO2. The van der Waals surface area contributed by atoms with E-state index in [1.165, 1.54) is 0 Å². The average Bonchev–Trinajstić information content (AvgIpc) is 2.24. The summed E-state index contributed by atoms with van der Waals surface area (Å²) < 4.78 is 5.32. The molecule has 2 aromatic rings. The van der Waals surface area contributed by atoms with Crippen LogP contribution >= 0.6 is 0 Å². The summed E-state index contributed by atoms with van der Waals surface area (Å²) in [5.41, 5.74) is 1.61. The molecule has 0 fully saturated rings. The van der Waals surface area contributed by atoms with E-state index < -0.39 is 0 Å². The van der Waals surface area contributed by atoms with Gasteiger partial charge in [-0.25, -0.2) is 0 Å². The van der Waals surface area contributed by atoms with Crippen molar-refractivity contribution in [1.82, 2.24) is 4.98 Å². The van der Waals surface area contributed by atoms with E-state index in [2.05, 4.69) is 4.98 Å². The summed E-state index contributed by atoms with van der Waals surface area (Å²) >= 11 is 0. The smallest absolute Gasteiger partial charge is 0.142 e. The van der Waals surface area contributed by atoms with Gasteiger partial charge in [-0.1, -0.05) is 0 Å². The minimum absolute atomic E-state index is 0.185. The van der Waals surface area contributed by atoms with Crippen molar-refractivity contribution in [2.75, 3.05) is 0 Å². The molecule has 3 nitrogen and oxygen atoms in total. The van der Waals surface area contributed by atoms with Crippen molar-refractivity contribution in [1.29, 1.82) is 0 Å². The molecule has 0 atom stereocenters. The van der Waals surface area contributed by atoms with Crippen molar-refractivity contribution in [2.45, 2.75) is 0 Å². The number of rotatable bonds is 0. The molecule has 0 saturated heterocycles. The molecule has 0 spiro atoms. The van der Waals surface area contributed by atoms with Gasteiger partial charge in [-0.3, -0.25) is 4.98 Å². The van der Waals surface area contributed by atoms with Gasteiger partial charge in [0.15, 0.2) is 0 Å². The second-order valence-electron chi connectivity index (χ2n) is 3.13. The Kier molecular flexibility index (Phi) is 1.31. The van der Waals surface area contributed by atoms with Gasteiger partial charge in [-0.15, -0.1) is 0 Å². The molecule has 68 valence electrons. The van der Waals surface area contributed by atoms with E-state index in [1.54, 1.807) is 24.6 Å². The molecule has 0 amide bonds. The van der Waals surface area contributed by atoms with E-state index in [9.17, 15) is 5.11 Å². The lowest BCUT2D eigenvalue weighted by Gasteiger charge is -2.12. The van der Waals surface area contributed by atoms with E-state index in [4.69, 9.17) is 4.74 Å². The Morgan fingerprint density at radius 1 is 1.21 bits per heavy atom. The molecule has 3 heteroatoms. The maximum absolute atomic E-state index is 9.60. The third-order valence-electron chi connectivity index (χ3n) is 2.31.